The van der Waals surface area contributed by atoms with Crippen molar-refractivity contribution >= 4 is 11.6 Å². The molecule has 1 aliphatic rings. The molecule has 0 radical (unpaired) electrons. The largest absolute Gasteiger partial charge is 0.471 e. The standard InChI is InChI=1S/C13H14F3NO5/c14-13(15,16)12(21)17-7-3-1-6(2-4-7)11-10(20)9(19)8(5-18)22-11/h1-4,8-11,18-20H,5H2,(H,17,21)/t8-,9-,10-,11+/m1/s1. The molecule has 6 nitrogen and oxygen atoms in total. The maximum Gasteiger partial charge on any atom is 0.471 e. The monoisotopic (exact) mass is 321 g/mol. The molecule has 1 aliphatic heterocycles. The molecule has 1 amide bonds. The summed E-state index contributed by atoms with van der Waals surface area (Å²) in [4.78, 5) is 10.8. The van der Waals surface area contributed by atoms with Crippen LogP contribution in [0.5, 0.6) is 0 Å². The van der Waals surface area contributed by atoms with Gasteiger partial charge in [-0.1, -0.05) is 12.1 Å². The summed E-state index contributed by atoms with van der Waals surface area (Å²) >= 11 is 0. The third-order valence-electron chi connectivity index (χ3n) is 3.30. The molecule has 0 unspecified atom stereocenters. The Hall–Kier alpha value is -1.68. The minimum atomic E-state index is -4.98. The van der Waals surface area contributed by atoms with Gasteiger partial charge in [0.1, 0.15) is 24.4 Å². The lowest BCUT2D eigenvalue weighted by molar-refractivity contribution is -0.167. The molecule has 0 aliphatic carbocycles. The molecule has 1 heterocycles. The minimum Gasteiger partial charge on any atom is -0.394 e. The van der Waals surface area contributed by atoms with Crippen LogP contribution < -0.4 is 5.32 Å². The topological polar surface area (TPSA) is 99.0 Å². The number of hydrogen-bond acceptors (Lipinski definition) is 5. The van der Waals surface area contributed by atoms with Gasteiger partial charge in [-0.25, -0.2) is 0 Å². The molecule has 0 saturated carbocycles. The fraction of sp³-hybridized carbons (Fsp3) is 0.462. The number of hydrogen-bond donors (Lipinski definition) is 4. The van der Waals surface area contributed by atoms with E-state index in [1.54, 1.807) is 5.32 Å². The number of alkyl halides is 3. The Kier molecular flexibility index (Phi) is 4.71. The number of rotatable bonds is 3. The molecule has 0 bridgehead atoms. The predicted octanol–water partition coefficient (Wildman–Crippen LogP) is 0.341. The van der Waals surface area contributed by atoms with Crippen LogP contribution in [0.15, 0.2) is 24.3 Å². The molecule has 1 aromatic rings. The van der Waals surface area contributed by atoms with E-state index in [1.165, 1.54) is 24.3 Å². The maximum atomic E-state index is 12.1. The highest BCUT2D eigenvalue weighted by molar-refractivity contribution is 5.94. The van der Waals surface area contributed by atoms with Gasteiger partial charge in [-0.15, -0.1) is 0 Å². The summed E-state index contributed by atoms with van der Waals surface area (Å²) in [6, 6.07) is 5.14. The number of aliphatic hydroxyl groups excluding tert-OH is 3. The maximum absolute atomic E-state index is 12.1. The quantitative estimate of drug-likeness (QED) is 0.643. The van der Waals surface area contributed by atoms with Crippen molar-refractivity contribution < 1.29 is 38.0 Å². The second-order valence-electron chi connectivity index (χ2n) is 4.83. The first-order valence-corrected chi connectivity index (χ1v) is 6.34. The zero-order valence-corrected chi connectivity index (χ0v) is 11.1. The Balaban J connectivity index is 2.08. The highest BCUT2D eigenvalue weighted by Gasteiger charge is 2.43. The van der Waals surface area contributed by atoms with Crippen molar-refractivity contribution in [2.75, 3.05) is 11.9 Å². The zero-order chi connectivity index (χ0) is 16.5. The first kappa shape index (κ1) is 16.7. The molecule has 1 saturated heterocycles. The van der Waals surface area contributed by atoms with Crippen LogP contribution in [-0.2, 0) is 9.53 Å². The van der Waals surface area contributed by atoms with Gasteiger partial charge in [0, 0.05) is 5.69 Å². The second-order valence-corrected chi connectivity index (χ2v) is 4.83. The van der Waals surface area contributed by atoms with E-state index in [1.807, 2.05) is 0 Å². The van der Waals surface area contributed by atoms with Crippen LogP contribution in [0.4, 0.5) is 18.9 Å². The summed E-state index contributed by atoms with van der Waals surface area (Å²) in [7, 11) is 0. The number of aliphatic hydroxyl groups is 3. The van der Waals surface area contributed by atoms with Crippen molar-refractivity contribution in [3.8, 4) is 0 Å². The third-order valence-corrected chi connectivity index (χ3v) is 3.30. The number of halogens is 3. The number of nitrogens with one attached hydrogen (secondary N) is 1. The summed E-state index contributed by atoms with van der Waals surface area (Å²) in [6.45, 7) is -0.478. The molecular weight excluding hydrogens is 307 g/mol. The van der Waals surface area contributed by atoms with E-state index in [0.717, 1.165) is 0 Å². The molecular formula is C13H14F3NO5. The highest BCUT2D eigenvalue weighted by atomic mass is 19.4. The Morgan fingerprint density at radius 1 is 1.18 bits per heavy atom. The number of carbonyl (C=O) groups excluding carboxylic acids is 1. The predicted molar refractivity (Wildman–Crippen MR) is 67.8 cm³/mol. The fourth-order valence-electron chi connectivity index (χ4n) is 2.13. The van der Waals surface area contributed by atoms with Crippen LogP contribution in [0.25, 0.3) is 0 Å². The van der Waals surface area contributed by atoms with E-state index >= 15 is 0 Å². The summed E-state index contributed by atoms with van der Waals surface area (Å²) in [6.07, 6.45) is -9.38. The molecule has 1 aromatic carbocycles. The molecule has 22 heavy (non-hydrogen) atoms. The lowest BCUT2D eigenvalue weighted by atomic mass is 10.0. The molecule has 2 rings (SSSR count). The van der Waals surface area contributed by atoms with Crippen LogP contribution in [-0.4, -0.2) is 52.3 Å². The van der Waals surface area contributed by atoms with Gasteiger partial charge in [-0.3, -0.25) is 4.79 Å². The molecule has 4 N–H and O–H groups in total. The van der Waals surface area contributed by atoms with E-state index in [9.17, 15) is 28.2 Å². The van der Waals surface area contributed by atoms with E-state index in [-0.39, 0.29) is 5.69 Å². The molecule has 0 spiro atoms. The lowest BCUT2D eigenvalue weighted by Gasteiger charge is -2.15. The number of ether oxygens (including phenoxy) is 1. The van der Waals surface area contributed by atoms with Gasteiger partial charge in [-0.05, 0) is 17.7 Å². The van der Waals surface area contributed by atoms with Crippen LogP contribution >= 0.6 is 0 Å². The summed E-state index contributed by atoms with van der Waals surface area (Å²) in [5.41, 5.74) is 0.324. The number of anilines is 1. The Labute approximate surface area is 123 Å². The van der Waals surface area contributed by atoms with Crippen molar-refractivity contribution in [1.29, 1.82) is 0 Å². The minimum absolute atomic E-state index is 0.0715. The van der Waals surface area contributed by atoms with E-state index < -0.39 is 43.1 Å². The van der Waals surface area contributed by atoms with Gasteiger partial charge < -0.3 is 25.4 Å². The highest BCUT2D eigenvalue weighted by Crippen LogP contribution is 2.34. The van der Waals surface area contributed by atoms with Gasteiger partial charge in [0.15, 0.2) is 0 Å². The number of amides is 1. The van der Waals surface area contributed by atoms with E-state index in [2.05, 4.69) is 0 Å². The number of carbonyl (C=O) groups is 1. The van der Waals surface area contributed by atoms with Crippen LogP contribution in [0.2, 0.25) is 0 Å². The van der Waals surface area contributed by atoms with Crippen molar-refractivity contribution in [1.82, 2.24) is 0 Å². The van der Waals surface area contributed by atoms with Crippen molar-refractivity contribution in [3.05, 3.63) is 29.8 Å². The summed E-state index contributed by atoms with van der Waals surface area (Å²) in [5, 5.41) is 30.1. The normalized spacial score (nSPS) is 28.6. The number of benzene rings is 1. The fourth-order valence-corrected chi connectivity index (χ4v) is 2.13. The molecule has 4 atom stereocenters. The van der Waals surface area contributed by atoms with E-state index in [0.29, 0.717) is 5.56 Å². The third kappa shape index (κ3) is 3.38. The first-order valence-electron chi connectivity index (χ1n) is 6.34. The zero-order valence-electron chi connectivity index (χ0n) is 11.1. The molecule has 1 fully saturated rings. The van der Waals surface area contributed by atoms with Gasteiger partial charge in [-0.2, -0.15) is 13.2 Å². The van der Waals surface area contributed by atoms with Gasteiger partial charge >= 0.3 is 12.1 Å². The molecule has 0 aromatic heterocycles. The van der Waals surface area contributed by atoms with Crippen molar-refractivity contribution in [2.24, 2.45) is 0 Å². The average molecular weight is 321 g/mol. The van der Waals surface area contributed by atoms with Gasteiger partial charge in [0.25, 0.3) is 0 Å². The Morgan fingerprint density at radius 2 is 1.77 bits per heavy atom. The molecule has 122 valence electrons. The van der Waals surface area contributed by atoms with E-state index in [4.69, 9.17) is 9.84 Å². The summed E-state index contributed by atoms with van der Waals surface area (Å²) < 4.78 is 41.6. The van der Waals surface area contributed by atoms with Crippen LogP contribution in [0.1, 0.15) is 11.7 Å². The first-order chi connectivity index (χ1) is 10.2. The Bertz CT molecular complexity index is 533. The van der Waals surface area contributed by atoms with Crippen LogP contribution in [0.3, 0.4) is 0 Å². The smallest absolute Gasteiger partial charge is 0.394 e. The van der Waals surface area contributed by atoms with Crippen molar-refractivity contribution in [3.63, 3.8) is 0 Å². The van der Waals surface area contributed by atoms with Gasteiger partial charge in [0.05, 0.1) is 6.61 Å². The lowest BCUT2D eigenvalue weighted by Crippen LogP contribution is -2.32. The van der Waals surface area contributed by atoms with Crippen LogP contribution in [0, 0.1) is 0 Å². The SMILES string of the molecule is O=C(Nc1ccc([C@@H]2O[C@H](CO)[C@@H](O)[C@H]2O)cc1)C(F)(F)F. The van der Waals surface area contributed by atoms with Gasteiger partial charge in [0.2, 0.25) is 0 Å². The average Bonchev–Trinajstić information content (AvgIpc) is 2.75. The molecule has 9 heteroatoms. The Morgan fingerprint density at radius 3 is 2.23 bits per heavy atom. The summed E-state index contributed by atoms with van der Waals surface area (Å²) in [5.74, 6) is -2.09. The van der Waals surface area contributed by atoms with Crippen molar-refractivity contribution in [2.45, 2.75) is 30.6 Å². The second kappa shape index (κ2) is 6.21.